The molecule has 1 aromatic heterocycles. The van der Waals surface area contributed by atoms with E-state index >= 15 is 0 Å². The van der Waals surface area contributed by atoms with Crippen molar-refractivity contribution in [1.29, 1.82) is 5.26 Å². The van der Waals surface area contributed by atoms with E-state index in [4.69, 9.17) is 28.5 Å². The molecule has 120 valence electrons. The zero-order valence-corrected chi connectivity index (χ0v) is 14.3. The number of sulfonamides is 1. The van der Waals surface area contributed by atoms with Gasteiger partial charge in [0.1, 0.15) is 0 Å². The number of nitriles is 1. The lowest BCUT2D eigenvalue weighted by Gasteiger charge is -2.21. The Labute approximate surface area is 145 Å². The van der Waals surface area contributed by atoms with Crippen molar-refractivity contribution in [3.05, 3.63) is 58.3 Å². The van der Waals surface area contributed by atoms with Gasteiger partial charge in [-0.2, -0.15) is 9.57 Å². The summed E-state index contributed by atoms with van der Waals surface area (Å²) in [7, 11) is -3.80. The molecule has 0 atom stereocenters. The van der Waals surface area contributed by atoms with Crippen LogP contribution in [0.15, 0.2) is 47.6 Å². The number of rotatable bonds is 6. The molecule has 0 saturated carbocycles. The van der Waals surface area contributed by atoms with E-state index in [1.54, 1.807) is 24.5 Å². The molecule has 0 aliphatic rings. The Morgan fingerprint density at radius 1 is 1.22 bits per heavy atom. The van der Waals surface area contributed by atoms with E-state index in [1.165, 1.54) is 22.5 Å². The van der Waals surface area contributed by atoms with Crippen molar-refractivity contribution in [3.63, 3.8) is 0 Å². The number of pyridine rings is 1. The highest BCUT2D eigenvalue weighted by Crippen LogP contribution is 2.27. The highest BCUT2D eigenvalue weighted by molar-refractivity contribution is 7.89. The fraction of sp³-hybridized carbons (Fsp3) is 0.200. The van der Waals surface area contributed by atoms with E-state index in [0.717, 1.165) is 5.56 Å². The van der Waals surface area contributed by atoms with E-state index in [0.29, 0.717) is 0 Å². The summed E-state index contributed by atoms with van der Waals surface area (Å²) in [6, 6.07) is 9.60. The average Bonchev–Trinajstić information content (AvgIpc) is 2.54. The summed E-state index contributed by atoms with van der Waals surface area (Å²) >= 11 is 11.7. The molecule has 0 fully saturated rings. The SMILES string of the molecule is N#CCCN(Cc1cccnc1)S(=O)(=O)c1ccc(Cl)c(Cl)c1. The molecule has 2 aromatic rings. The van der Waals surface area contributed by atoms with E-state index in [9.17, 15) is 8.42 Å². The zero-order valence-electron chi connectivity index (χ0n) is 12.0. The first-order valence-electron chi connectivity index (χ1n) is 6.66. The Morgan fingerprint density at radius 3 is 2.61 bits per heavy atom. The molecule has 0 saturated heterocycles. The maximum atomic E-state index is 12.8. The normalized spacial score (nSPS) is 11.4. The summed E-state index contributed by atoms with van der Waals surface area (Å²) in [4.78, 5) is 4.01. The Balaban J connectivity index is 2.36. The van der Waals surface area contributed by atoms with Gasteiger partial charge in [0.15, 0.2) is 0 Å². The van der Waals surface area contributed by atoms with Gasteiger partial charge in [-0.25, -0.2) is 8.42 Å². The van der Waals surface area contributed by atoms with Crippen LogP contribution in [0.5, 0.6) is 0 Å². The molecule has 0 radical (unpaired) electrons. The lowest BCUT2D eigenvalue weighted by atomic mass is 10.3. The molecule has 1 aromatic carbocycles. The number of halogens is 2. The molecule has 2 rings (SSSR count). The monoisotopic (exact) mass is 369 g/mol. The van der Waals surface area contributed by atoms with Crippen LogP contribution in [0.3, 0.4) is 0 Å². The van der Waals surface area contributed by atoms with Crippen molar-refractivity contribution in [2.45, 2.75) is 17.9 Å². The predicted octanol–water partition coefficient (Wildman–Crippen LogP) is 3.49. The lowest BCUT2D eigenvalue weighted by molar-refractivity contribution is 0.413. The third-order valence-corrected chi connectivity index (χ3v) is 5.66. The number of aromatic nitrogens is 1. The molecule has 5 nitrogen and oxygen atoms in total. The summed E-state index contributed by atoms with van der Waals surface area (Å²) in [5, 5.41) is 9.22. The minimum atomic E-state index is -3.80. The fourth-order valence-electron chi connectivity index (χ4n) is 1.94. The first-order chi connectivity index (χ1) is 10.9. The van der Waals surface area contributed by atoms with E-state index in [1.807, 2.05) is 6.07 Å². The average molecular weight is 370 g/mol. The van der Waals surface area contributed by atoms with E-state index in [-0.39, 0.29) is 34.5 Å². The predicted molar refractivity (Wildman–Crippen MR) is 88.5 cm³/mol. The topological polar surface area (TPSA) is 74.1 Å². The van der Waals surface area contributed by atoms with Crippen molar-refractivity contribution >= 4 is 33.2 Å². The van der Waals surface area contributed by atoms with E-state index in [2.05, 4.69) is 4.98 Å². The molecule has 1 heterocycles. The summed E-state index contributed by atoms with van der Waals surface area (Å²) in [5.74, 6) is 0. The van der Waals surface area contributed by atoms with Crippen molar-refractivity contribution in [1.82, 2.24) is 9.29 Å². The summed E-state index contributed by atoms with van der Waals surface area (Å²) < 4.78 is 26.8. The van der Waals surface area contributed by atoms with Crippen LogP contribution < -0.4 is 0 Å². The van der Waals surface area contributed by atoms with Crippen LogP contribution in [-0.4, -0.2) is 24.3 Å². The van der Waals surface area contributed by atoms with Crippen LogP contribution in [-0.2, 0) is 16.6 Å². The maximum Gasteiger partial charge on any atom is 0.243 e. The van der Waals surface area contributed by atoms with Gasteiger partial charge in [-0.05, 0) is 29.8 Å². The van der Waals surface area contributed by atoms with Crippen molar-refractivity contribution in [2.24, 2.45) is 0 Å². The van der Waals surface area contributed by atoms with Gasteiger partial charge >= 0.3 is 0 Å². The first-order valence-corrected chi connectivity index (χ1v) is 8.86. The number of benzene rings is 1. The maximum absolute atomic E-state index is 12.8. The second kappa shape index (κ2) is 7.75. The molecule has 8 heteroatoms. The highest BCUT2D eigenvalue weighted by Gasteiger charge is 2.25. The number of nitrogens with zero attached hydrogens (tertiary/aromatic N) is 3. The number of hydrogen-bond acceptors (Lipinski definition) is 4. The van der Waals surface area contributed by atoms with Crippen LogP contribution in [0.1, 0.15) is 12.0 Å². The van der Waals surface area contributed by atoms with Crippen molar-refractivity contribution in [2.75, 3.05) is 6.54 Å². The quantitative estimate of drug-likeness (QED) is 0.780. The number of hydrogen-bond donors (Lipinski definition) is 0. The Hall–Kier alpha value is -1.65. The van der Waals surface area contributed by atoms with Crippen LogP contribution in [0.2, 0.25) is 10.0 Å². The van der Waals surface area contributed by atoms with Crippen molar-refractivity contribution < 1.29 is 8.42 Å². The van der Waals surface area contributed by atoms with Gasteiger partial charge in [0.2, 0.25) is 10.0 Å². The molecular formula is C15H13Cl2N3O2S. The smallest absolute Gasteiger partial charge is 0.243 e. The van der Waals surface area contributed by atoms with Gasteiger partial charge in [0.05, 0.1) is 21.0 Å². The van der Waals surface area contributed by atoms with Crippen LogP contribution in [0.25, 0.3) is 0 Å². The van der Waals surface area contributed by atoms with Gasteiger partial charge in [-0.3, -0.25) is 4.98 Å². The fourth-order valence-corrected chi connectivity index (χ4v) is 3.76. The third kappa shape index (κ3) is 4.43. The largest absolute Gasteiger partial charge is 0.264 e. The minimum absolute atomic E-state index is 0.0359. The van der Waals surface area contributed by atoms with Crippen LogP contribution in [0.4, 0.5) is 0 Å². The molecular weight excluding hydrogens is 357 g/mol. The standard InChI is InChI=1S/C15H13Cl2N3O2S/c16-14-5-4-13(9-15(14)17)23(21,22)20(8-2-6-18)11-12-3-1-7-19-10-12/h1,3-5,7,9-10H,2,8,11H2. The van der Waals surface area contributed by atoms with Gasteiger partial charge < -0.3 is 0 Å². The van der Waals surface area contributed by atoms with Gasteiger partial charge in [0, 0.05) is 31.9 Å². The van der Waals surface area contributed by atoms with E-state index < -0.39 is 10.0 Å². The molecule has 0 aliphatic carbocycles. The molecule has 0 unspecified atom stereocenters. The van der Waals surface area contributed by atoms with Gasteiger partial charge in [-0.1, -0.05) is 29.3 Å². The minimum Gasteiger partial charge on any atom is -0.264 e. The Kier molecular flexibility index (Phi) is 5.97. The van der Waals surface area contributed by atoms with Crippen LogP contribution >= 0.6 is 23.2 Å². The molecule has 23 heavy (non-hydrogen) atoms. The van der Waals surface area contributed by atoms with Crippen molar-refractivity contribution in [3.8, 4) is 6.07 Å². The van der Waals surface area contributed by atoms with Crippen LogP contribution in [0, 0.1) is 11.3 Å². The molecule has 0 spiro atoms. The van der Waals surface area contributed by atoms with Gasteiger partial charge in [-0.15, -0.1) is 0 Å². The summed E-state index contributed by atoms with van der Waals surface area (Å²) in [5.41, 5.74) is 0.731. The van der Waals surface area contributed by atoms with Gasteiger partial charge in [0.25, 0.3) is 0 Å². The molecule has 0 amide bonds. The molecule has 0 bridgehead atoms. The lowest BCUT2D eigenvalue weighted by Crippen LogP contribution is -2.31. The zero-order chi connectivity index (χ0) is 16.9. The molecule has 0 N–H and O–H groups in total. The third-order valence-electron chi connectivity index (χ3n) is 3.08. The molecule has 0 aliphatic heterocycles. The summed E-state index contributed by atoms with van der Waals surface area (Å²) in [6.07, 6.45) is 3.28. The second-order valence-corrected chi connectivity index (χ2v) is 7.44. The summed E-state index contributed by atoms with van der Waals surface area (Å²) in [6.45, 7) is 0.200. The second-order valence-electron chi connectivity index (χ2n) is 4.68. The highest BCUT2D eigenvalue weighted by atomic mass is 35.5. The first kappa shape index (κ1) is 17.7. The Morgan fingerprint density at radius 2 is 2.00 bits per heavy atom. The Bertz CT molecular complexity index is 820.